The Hall–Kier alpha value is -0.870. The summed E-state index contributed by atoms with van der Waals surface area (Å²) in [5, 5.41) is 0. The van der Waals surface area contributed by atoms with Crippen LogP contribution in [0.2, 0.25) is 0 Å². The van der Waals surface area contributed by atoms with Crippen molar-refractivity contribution in [3.05, 3.63) is 51.0 Å². The molecular weight excluding hydrogens is 284 g/mol. The molecule has 0 aliphatic heterocycles. The topological polar surface area (TPSA) is 20.7 Å². The van der Waals surface area contributed by atoms with E-state index < -0.39 is 0 Å². The van der Waals surface area contributed by atoms with Gasteiger partial charge >= 0.3 is 0 Å². The Morgan fingerprint density at radius 1 is 1.31 bits per heavy atom. The van der Waals surface area contributed by atoms with Crippen molar-refractivity contribution in [2.24, 2.45) is 0 Å². The molecule has 0 radical (unpaired) electrons. The lowest BCUT2D eigenvalue weighted by Gasteiger charge is -2.15. The van der Waals surface area contributed by atoms with Gasteiger partial charge in [-0.1, -0.05) is 28.1 Å². The second-order valence-corrected chi connectivity index (χ2v) is 5.14. The lowest BCUT2D eigenvalue weighted by Crippen LogP contribution is -2.08. The first-order chi connectivity index (χ1) is 7.59. The van der Waals surface area contributed by atoms with Crippen LogP contribution in [-0.4, -0.2) is 9.55 Å². The molecule has 0 bridgehead atoms. The van der Waals surface area contributed by atoms with Crippen LogP contribution in [0.15, 0.2) is 34.9 Å². The van der Waals surface area contributed by atoms with Crippen LogP contribution in [0.25, 0.3) is 0 Å². The molecule has 16 heavy (non-hydrogen) atoms. The Morgan fingerprint density at radius 2 is 1.94 bits per heavy atom. The van der Waals surface area contributed by atoms with Crippen molar-refractivity contribution in [1.29, 1.82) is 0 Å². The summed E-state index contributed by atoms with van der Waals surface area (Å²) in [6, 6.07) is 8.59. The van der Waals surface area contributed by atoms with Gasteiger partial charge in [0, 0.05) is 16.4 Å². The van der Waals surface area contributed by atoms with Crippen LogP contribution in [-0.2, 0) is 0 Å². The molecular formula is C12H13BrN2S. The minimum Gasteiger partial charge on any atom is -0.337 e. The van der Waals surface area contributed by atoms with Crippen LogP contribution in [0.4, 0.5) is 0 Å². The summed E-state index contributed by atoms with van der Waals surface area (Å²) < 4.78 is 3.99. The second-order valence-electron chi connectivity index (χ2n) is 3.83. The van der Waals surface area contributed by atoms with Crippen molar-refractivity contribution >= 4 is 28.1 Å². The van der Waals surface area contributed by atoms with E-state index in [1.807, 2.05) is 6.20 Å². The lowest BCUT2D eigenvalue weighted by molar-refractivity contribution is 0.614. The Bertz CT molecular complexity index is 539. The van der Waals surface area contributed by atoms with E-state index in [1.54, 1.807) is 0 Å². The van der Waals surface area contributed by atoms with Crippen molar-refractivity contribution in [2.75, 3.05) is 0 Å². The van der Waals surface area contributed by atoms with Crippen LogP contribution in [0.3, 0.4) is 0 Å². The number of H-pyrrole nitrogens is 1. The van der Waals surface area contributed by atoms with Crippen molar-refractivity contribution in [1.82, 2.24) is 9.55 Å². The summed E-state index contributed by atoms with van der Waals surface area (Å²) in [5.41, 5.74) is 2.41. The maximum Gasteiger partial charge on any atom is 0.177 e. The third-order valence-corrected chi connectivity index (χ3v) is 3.59. The van der Waals surface area contributed by atoms with Gasteiger partial charge in [0.15, 0.2) is 4.77 Å². The molecule has 0 amide bonds. The van der Waals surface area contributed by atoms with Crippen LogP contribution >= 0.6 is 28.1 Å². The zero-order valence-corrected chi connectivity index (χ0v) is 11.6. The maximum atomic E-state index is 5.27. The molecule has 1 unspecified atom stereocenters. The van der Waals surface area contributed by atoms with Gasteiger partial charge in [-0.05, 0) is 43.8 Å². The highest BCUT2D eigenvalue weighted by Gasteiger charge is 2.10. The second kappa shape index (κ2) is 4.55. The number of aryl methyl sites for hydroxylation is 1. The van der Waals surface area contributed by atoms with Crippen LogP contribution in [0.1, 0.15) is 24.2 Å². The highest BCUT2D eigenvalue weighted by molar-refractivity contribution is 9.10. The number of hydrogen-bond acceptors (Lipinski definition) is 1. The van der Waals surface area contributed by atoms with Crippen LogP contribution in [0, 0.1) is 11.7 Å². The molecule has 1 aromatic heterocycles. The highest BCUT2D eigenvalue weighted by Crippen LogP contribution is 2.22. The maximum absolute atomic E-state index is 5.27. The van der Waals surface area contributed by atoms with Crippen molar-refractivity contribution in [3.63, 3.8) is 0 Å². The Morgan fingerprint density at radius 3 is 2.44 bits per heavy atom. The van der Waals surface area contributed by atoms with Crippen molar-refractivity contribution in [2.45, 2.75) is 19.9 Å². The number of benzene rings is 1. The molecule has 0 saturated carbocycles. The highest BCUT2D eigenvalue weighted by atomic mass is 79.9. The van der Waals surface area contributed by atoms with E-state index in [0.717, 1.165) is 14.9 Å². The molecule has 84 valence electrons. The molecule has 0 spiro atoms. The summed E-state index contributed by atoms with van der Waals surface area (Å²) in [5.74, 6) is 0. The van der Waals surface area contributed by atoms with Gasteiger partial charge in [-0.2, -0.15) is 0 Å². The molecule has 0 aliphatic rings. The molecule has 4 heteroatoms. The van der Waals surface area contributed by atoms with E-state index in [0.29, 0.717) is 0 Å². The molecule has 1 aromatic carbocycles. The first-order valence-electron chi connectivity index (χ1n) is 5.11. The predicted molar refractivity (Wildman–Crippen MR) is 72.3 cm³/mol. The van der Waals surface area contributed by atoms with Gasteiger partial charge in [0.1, 0.15) is 0 Å². The van der Waals surface area contributed by atoms with Crippen molar-refractivity contribution in [3.8, 4) is 0 Å². The number of aromatic nitrogens is 2. The monoisotopic (exact) mass is 296 g/mol. The molecule has 0 saturated heterocycles. The minimum atomic E-state index is 0.256. The average Bonchev–Trinajstić information content (AvgIpc) is 2.59. The van der Waals surface area contributed by atoms with Gasteiger partial charge < -0.3 is 9.55 Å². The summed E-state index contributed by atoms with van der Waals surface area (Å²) in [6.07, 6.45) is 1.94. The van der Waals surface area contributed by atoms with Gasteiger partial charge in [0.05, 0.1) is 6.04 Å². The standard InChI is InChI=1S/C12H13BrN2S/c1-8-7-14-12(16)15(8)9(2)10-3-5-11(13)6-4-10/h3-7,9H,1-2H3,(H,14,16). The first kappa shape index (κ1) is 11.6. The number of nitrogens with zero attached hydrogens (tertiary/aromatic N) is 1. The number of rotatable bonds is 2. The summed E-state index contributed by atoms with van der Waals surface area (Å²) in [4.78, 5) is 3.07. The zero-order chi connectivity index (χ0) is 11.7. The van der Waals surface area contributed by atoms with Gasteiger partial charge in [-0.3, -0.25) is 0 Å². The number of hydrogen-bond donors (Lipinski definition) is 1. The quantitative estimate of drug-likeness (QED) is 0.823. The smallest absolute Gasteiger partial charge is 0.177 e. The number of halogens is 1. The third-order valence-electron chi connectivity index (χ3n) is 2.74. The lowest BCUT2D eigenvalue weighted by atomic mass is 10.1. The van der Waals surface area contributed by atoms with E-state index in [-0.39, 0.29) is 6.04 Å². The number of aromatic amines is 1. The van der Waals surface area contributed by atoms with Crippen LogP contribution < -0.4 is 0 Å². The van der Waals surface area contributed by atoms with E-state index >= 15 is 0 Å². The minimum absolute atomic E-state index is 0.256. The number of imidazole rings is 1. The van der Waals surface area contributed by atoms with E-state index in [9.17, 15) is 0 Å². The molecule has 1 atom stereocenters. The fraction of sp³-hybridized carbons (Fsp3) is 0.250. The Labute approximate surface area is 108 Å². The molecule has 2 aromatic rings. The van der Waals surface area contributed by atoms with Crippen LogP contribution in [0.5, 0.6) is 0 Å². The molecule has 1 N–H and O–H groups in total. The average molecular weight is 297 g/mol. The first-order valence-corrected chi connectivity index (χ1v) is 6.31. The zero-order valence-electron chi connectivity index (χ0n) is 9.20. The predicted octanol–water partition coefficient (Wildman–Crippen LogP) is 4.23. The van der Waals surface area contributed by atoms with E-state index in [2.05, 4.69) is 63.6 Å². The SMILES string of the molecule is Cc1c[nH]c(=S)n1C(C)c1ccc(Br)cc1. The number of nitrogens with one attached hydrogen (secondary N) is 1. The Kier molecular flexibility index (Phi) is 3.30. The summed E-state index contributed by atoms with van der Waals surface area (Å²) >= 11 is 8.71. The third kappa shape index (κ3) is 2.13. The van der Waals surface area contributed by atoms with Crippen molar-refractivity contribution < 1.29 is 0 Å². The van der Waals surface area contributed by atoms with Gasteiger partial charge in [-0.15, -0.1) is 0 Å². The summed E-state index contributed by atoms with van der Waals surface area (Å²) in [6.45, 7) is 4.21. The Balaban J connectivity index is 2.43. The summed E-state index contributed by atoms with van der Waals surface area (Å²) in [7, 11) is 0. The molecule has 2 nitrogen and oxygen atoms in total. The van der Waals surface area contributed by atoms with E-state index in [1.165, 1.54) is 5.56 Å². The normalized spacial score (nSPS) is 12.7. The molecule has 0 fully saturated rings. The molecule has 1 heterocycles. The fourth-order valence-electron chi connectivity index (χ4n) is 1.84. The van der Waals surface area contributed by atoms with E-state index in [4.69, 9.17) is 12.2 Å². The molecule has 0 aliphatic carbocycles. The van der Waals surface area contributed by atoms with Gasteiger partial charge in [0.25, 0.3) is 0 Å². The largest absolute Gasteiger partial charge is 0.337 e. The van der Waals surface area contributed by atoms with Gasteiger partial charge in [-0.25, -0.2) is 0 Å². The fourth-order valence-corrected chi connectivity index (χ4v) is 2.46. The molecule has 2 rings (SSSR count). The van der Waals surface area contributed by atoms with Gasteiger partial charge in [0.2, 0.25) is 0 Å².